The van der Waals surface area contributed by atoms with Crippen molar-refractivity contribution in [2.24, 2.45) is 5.73 Å². The smallest absolute Gasteiger partial charge is 0.239 e. The molecule has 56 valence electrons. The fraction of sp³-hybridized carbons (Fsp3) is 0.857. The SMILES string of the molecule is NC(=O)[C@]12CCCCN1C2. The first-order chi connectivity index (χ1) is 4.76. The van der Waals surface area contributed by atoms with Crippen LogP contribution in [0.3, 0.4) is 0 Å². The minimum absolute atomic E-state index is 0.118. The summed E-state index contributed by atoms with van der Waals surface area (Å²) in [6, 6.07) is 0. The Kier molecular flexibility index (Phi) is 1.06. The van der Waals surface area contributed by atoms with Crippen LogP contribution >= 0.6 is 0 Å². The van der Waals surface area contributed by atoms with Crippen LogP contribution in [0.2, 0.25) is 0 Å². The number of fused-ring (bicyclic) bond motifs is 1. The van der Waals surface area contributed by atoms with Crippen molar-refractivity contribution in [1.82, 2.24) is 4.90 Å². The van der Waals surface area contributed by atoms with E-state index in [0.29, 0.717) is 0 Å². The minimum Gasteiger partial charge on any atom is -0.368 e. The van der Waals surface area contributed by atoms with Crippen molar-refractivity contribution >= 4 is 5.91 Å². The number of amides is 1. The Morgan fingerprint density at radius 3 is 2.80 bits per heavy atom. The summed E-state index contributed by atoms with van der Waals surface area (Å²) >= 11 is 0. The van der Waals surface area contributed by atoms with Crippen LogP contribution in [0.15, 0.2) is 0 Å². The average Bonchev–Trinajstić information content (AvgIpc) is 2.61. The fourth-order valence-corrected chi connectivity index (χ4v) is 1.89. The molecule has 2 heterocycles. The van der Waals surface area contributed by atoms with Gasteiger partial charge in [0.1, 0.15) is 5.54 Å². The molecule has 0 bridgehead atoms. The van der Waals surface area contributed by atoms with Gasteiger partial charge >= 0.3 is 0 Å². The number of hydrogen-bond acceptors (Lipinski definition) is 2. The van der Waals surface area contributed by atoms with E-state index < -0.39 is 0 Å². The van der Waals surface area contributed by atoms with E-state index in [1.165, 1.54) is 12.8 Å². The normalized spacial score (nSPS) is 44.2. The summed E-state index contributed by atoms with van der Waals surface area (Å²) in [4.78, 5) is 13.1. The number of nitrogens with two attached hydrogens (primary N) is 1. The van der Waals surface area contributed by atoms with Gasteiger partial charge in [-0.25, -0.2) is 0 Å². The topological polar surface area (TPSA) is 46.1 Å². The molecule has 0 aromatic carbocycles. The van der Waals surface area contributed by atoms with Gasteiger partial charge in [-0.15, -0.1) is 0 Å². The second-order valence-corrected chi connectivity index (χ2v) is 3.27. The van der Waals surface area contributed by atoms with Gasteiger partial charge in [0.15, 0.2) is 0 Å². The van der Waals surface area contributed by atoms with Crippen molar-refractivity contribution in [1.29, 1.82) is 0 Å². The zero-order valence-electron chi connectivity index (χ0n) is 5.97. The van der Waals surface area contributed by atoms with Crippen LogP contribution in [0.1, 0.15) is 19.3 Å². The lowest BCUT2D eigenvalue weighted by molar-refractivity contribution is -0.122. The van der Waals surface area contributed by atoms with Crippen LogP contribution < -0.4 is 5.73 Å². The van der Waals surface area contributed by atoms with E-state index in [4.69, 9.17) is 5.73 Å². The van der Waals surface area contributed by atoms with Crippen molar-refractivity contribution in [2.75, 3.05) is 13.1 Å². The van der Waals surface area contributed by atoms with E-state index in [2.05, 4.69) is 4.90 Å². The molecule has 0 aliphatic carbocycles. The van der Waals surface area contributed by atoms with E-state index in [0.717, 1.165) is 19.5 Å². The predicted octanol–water partition coefficient (Wildman–Crippen LogP) is -0.290. The first-order valence-corrected chi connectivity index (χ1v) is 3.81. The molecular weight excluding hydrogens is 128 g/mol. The Balaban J connectivity index is 2.12. The number of carbonyl (C=O) groups is 1. The molecule has 2 aliphatic heterocycles. The molecule has 0 radical (unpaired) electrons. The van der Waals surface area contributed by atoms with Crippen molar-refractivity contribution < 1.29 is 4.79 Å². The maximum absolute atomic E-state index is 10.9. The first kappa shape index (κ1) is 6.16. The molecule has 3 nitrogen and oxygen atoms in total. The molecule has 2 aliphatic rings. The Morgan fingerprint density at radius 1 is 1.50 bits per heavy atom. The summed E-state index contributed by atoms with van der Waals surface area (Å²) < 4.78 is 0. The van der Waals surface area contributed by atoms with Gasteiger partial charge in [-0.2, -0.15) is 0 Å². The molecule has 0 aromatic rings. The molecule has 2 atom stereocenters. The highest BCUT2D eigenvalue weighted by atomic mass is 16.2. The van der Waals surface area contributed by atoms with Gasteiger partial charge in [0.2, 0.25) is 5.91 Å². The molecule has 1 amide bonds. The lowest BCUT2D eigenvalue weighted by atomic mass is 9.99. The molecule has 10 heavy (non-hydrogen) atoms. The van der Waals surface area contributed by atoms with Gasteiger partial charge in [0.05, 0.1) is 0 Å². The summed E-state index contributed by atoms with van der Waals surface area (Å²) in [7, 11) is 0. The highest BCUT2D eigenvalue weighted by Gasteiger charge is 2.57. The summed E-state index contributed by atoms with van der Waals surface area (Å²) in [5, 5.41) is 0. The maximum atomic E-state index is 10.9. The number of primary amides is 1. The molecule has 0 saturated carbocycles. The van der Waals surface area contributed by atoms with Gasteiger partial charge in [-0.3, -0.25) is 9.69 Å². The van der Waals surface area contributed by atoms with E-state index in [1.54, 1.807) is 0 Å². The Morgan fingerprint density at radius 2 is 2.30 bits per heavy atom. The van der Waals surface area contributed by atoms with Crippen LogP contribution in [0.5, 0.6) is 0 Å². The molecule has 0 spiro atoms. The second kappa shape index (κ2) is 1.72. The number of carbonyl (C=O) groups excluding carboxylic acids is 1. The summed E-state index contributed by atoms with van der Waals surface area (Å²) in [6.07, 6.45) is 3.39. The zero-order chi connectivity index (χ0) is 7.19. The van der Waals surface area contributed by atoms with E-state index in [1.807, 2.05) is 0 Å². The molecule has 1 unspecified atom stereocenters. The molecule has 0 aromatic heterocycles. The third kappa shape index (κ3) is 0.611. The van der Waals surface area contributed by atoms with Gasteiger partial charge in [0, 0.05) is 6.54 Å². The Bertz CT molecular complexity index is 180. The van der Waals surface area contributed by atoms with E-state index in [9.17, 15) is 4.79 Å². The lowest BCUT2D eigenvalue weighted by Crippen LogP contribution is -2.38. The number of hydrogen-bond donors (Lipinski definition) is 1. The Labute approximate surface area is 60.2 Å². The maximum Gasteiger partial charge on any atom is 0.239 e. The van der Waals surface area contributed by atoms with Crippen LogP contribution in [-0.2, 0) is 4.79 Å². The molecule has 2 saturated heterocycles. The molecule has 2 rings (SSSR count). The largest absolute Gasteiger partial charge is 0.368 e. The molecule has 2 N–H and O–H groups in total. The standard InChI is InChI=1S/C7H12N2O/c8-6(10)7-3-1-2-4-9(7)5-7/h1-5H2,(H2,8,10)/t7-,9?/m1/s1. The van der Waals surface area contributed by atoms with Gasteiger partial charge in [0.25, 0.3) is 0 Å². The summed E-state index contributed by atoms with van der Waals surface area (Å²) in [5.41, 5.74) is 5.08. The number of nitrogens with zero attached hydrogens (tertiary/aromatic N) is 1. The van der Waals surface area contributed by atoms with Crippen molar-refractivity contribution in [3.8, 4) is 0 Å². The first-order valence-electron chi connectivity index (χ1n) is 3.81. The van der Waals surface area contributed by atoms with Crippen LogP contribution in [0.4, 0.5) is 0 Å². The molecule has 2 fully saturated rings. The van der Waals surface area contributed by atoms with Crippen molar-refractivity contribution in [2.45, 2.75) is 24.8 Å². The summed E-state index contributed by atoms with van der Waals surface area (Å²) in [6.45, 7) is 1.99. The summed E-state index contributed by atoms with van der Waals surface area (Å²) in [5.74, 6) is -0.118. The van der Waals surface area contributed by atoms with Gasteiger partial charge in [-0.1, -0.05) is 0 Å². The van der Waals surface area contributed by atoms with Gasteiger partial charge < -0.3 is 5.73 Å². The number of rotatable bonds is 1. The van der Waals surface area contributed by atoms with Crippen LogP contribution in [-0.4, -0.2) is 29.4 Å². The highest BCUT2D eigenvalue weighted by Crippen LogP contribution is 2.40. The van der Waals surface area contributed by atoms with E-state index >= 15 is 0 Å². The fourth-order valence-electron chi connectivity index (χ4n) is 1.89. The van der Waals surface area contributed by atoms with E-state index in [-0.39, 0.29) is 11.4 Å². The third-order valence-electron chi connectivity index (χ3n) is 2.68. The van der Waals surface area contributed by atoms with Gasteiger partial charge in [-0.05, 0) is 25.8 Å². The van der Waals surface area contributed by atoms with Crippen molar-refractivity contribution in [3.63, 3.8) is 0 Å². The van der Waals surface area contributed by atoms with Crippen molar-refractivity contribution in [3.05, 3.63) is 0 Å². The Hall–Kier alpha value is -0.570. The average molecular weight is 140 g/mol. The molecular formula is C7H12N2O. The quantitative estimate of drug-likeness (QED) is 0.509. The van der Waals surface area contributed by atoms with Crippen LogP contribution in [0.25, 0.3) is 0 Å². The zero-order valence-corrected chi connectivity index (χ0v) is 5.97. The monoisotopic (exact) mass is 140 g/mol. The minimum atomic E-state index is -0.182. The highest BCUT2D eigenvalue weighted by molar-refractivity contribution is 5.88. The lowest BCUT2D eigenvalue weighted by Gasteiger charge is -2.18. The number of piperidine rings is 1. The second-order valence-electron chi connectivity index (χ2n) is 3.27. The predicted molar refractivity (Wildman–Crippen MR) is 37.3 cm³/mol. The molecule has 3 heteroatoms. The third-order valence-corrected chi connectivity index (χ3v) is 2.68. The van der Waals surface area contributed by atoms with Crippen LogP contribution in [0, 0.1) is 0 Å².